The van der Waals surface area contributed by atoms with E-state index in [9.17, 15) is 14.5 Å². The molecule has 1 saturated carbocycles. The van der Waals surface area contributed by atoms with E-state index in [0.29, 0.717) is 40.9 Å². The lowest BCUT2D eigenvalue weighted by molar-refractivity contribution is -0.384. The van der Waals surface area contributed by atoms with E-state index in [4.69, 9.17) is 11.6 Å². The molecule has 0 bridgehead atoms. The van der Waals surface area contributed by atoms with Gasteiger partial charge < -0.3 is 5.32 Å². The molecule has 2 atom stereocenters. The van der Waals surface area contributed by atoms with Gasteiger partial charge in [-0.25, -0.2) is 9.37 Å². The van der Waals surface area contributed by atoms with Gasteiger partial charge in [0.15, 0.2) is 0 Å². The van der Waals surface area contributed by atoms with Crippen LogP contribution in [0, 0.1) is 10.1 Å². The quantitative estimate of drug-likeness (QED) is 0.622. The zero-order valence-corrected chi connectivity index (χ0v) is 13.8. The first-order valence-corrected chi connectivity index (χ1v) is 8.05. The number of fused-ring (bicyclic) bond motifs is 1. The molecule has 0 aliphatic heterocycles. The third-order valence-corrected chi connectivity index (χ3v) is 3.96. The Bertz CT molecular complexity index is 711. The molecule has 0 saturated heterocycles. The molecular formula is C16H19ClFN3O2. The fourth-order valence-electron chi connectivity index (χ4n) is 2.71. The van der Waals surface area contributed by atoms with Gasteiger partial charge >= 0.3 is 5.69 Å². The van der Waals surface area contributed by atoms with E-state index < -0.39 is 11.1 Å². The van der Waals surface area contributed by atoms with E-state index in [0.717, 1.165) is 0 Å². The Kier molecular flexibility index (Phi) is 5.71. The van der Waals surface area contributed by atoms with Crippen molar-refractivity contribution in [3.63, 3.8) is 0 Å². The number of halogens is 2. The van der Waals surface area contributed by atoms with Gasteiger partial charge in [0.25, 0.3) is 0 Å². The van der Waals surface area contributed by atoms with Crippen molar-refractivity contribution in [2.45, 2.75) is 45.3 Å². The zero-order chi connectivity index (χ0) is 17.0. The maximum absolute atomic E-state index is 13.3. The maximum Gasteiger partial charge on any atom is 0.311 e. The van der Waals surface area contributed by atoms with Crippen molar-refractivity contribution >= 4 is 33.9 Å². The van der Waals surface area contributed by atoms with Crippen LogP contribution in [0.15, 0.2) is 24.4 Å². The van der Waals surface area contributed by atoms with Crippen LogP contribution in [0.1, 0.15) is 33.1 Å². The van der Waals surface area contributed by atoms with Crippen molar-refractivity contribution in [2.24, 2.45) is 0 Å². The van der Waals surface area contributed by atoms with Crippen LogP contribution in [0.5, 0.6) is 0 Å². The number of pyridine rings is 1. The minimum atomic E-state index is -0.849. The lowest BCUT2D eigenvalue weighted by atomic mass is 10.1. The normalized spacial score (nSPS) is 20.0. The molecule has 1 aromatic carbocycles. The van der Waals surface area contributed by atoms with Gasteiger partial charge in [0.1, 0.15) is 18.1 Å². The summed E-state index contributed by atoms with van der Waals surface area (Å²) in [6, 6.07) is 4.92. The molecule has 5 nitrogen and oxygen atoms in total. The number of aromatic nitrogens is 1. The summed E-state index contributed by atoms with van der Waals surface area (Å²) in [6.45, 7) is 4.00. The highest BCUT2D eigenvalue weighted by molar-refractivity contribution is 6.31. The van der Waals surface area contributed by atoms with Gasteiger partial charge in [-0.15, -0.1) is 0 Å². The Labute approximate surface area is 139 Å². The molecule has 0 radical (unpaired) electrons. The van der Waals surface area contributed by atoms with E-state index in [-0.39, 0.29) is 11.7 Å². The topological polar surface area (TPSA) is 68.1 Å². The fraction of sp³-hybridized carbons (Fsp3) is 0.438. The minimum Gasteiger partial charge on any atom is -0.376 e. The molecular weight excluding hydrogens is 321 g/mol. The van der Waals surface area contributed by atoms with Gasteiger partial charge in [-0.1, -0.05) is 25.4 Å². The van der Waals surface area contributed by atoms with Crippen LogP contribution in [0.2, 0.25) is 5.02 Å². The summed E-state index contributed by atoms with van der Waals surface area (Å²) in [4.78, 5) is 14.8. The van der Waals surface area contributed by atoms with Crippen LogP contribution >= 0.6 is 11.6 Å². The summed E-state index contributed by atoms with van der Waals surface area (Å²) in [5, 5.41) is 15.4. The first-order valence-electron chi connectivity index (χ1n) is 7.68. The highest BCUT2D eigenvalue weighted by Gasteiger charge is 2.27. The Morgan fingerprint density at radius 1 is 1.39 bits per heavy atom. The molecule has 1 fully saturated rings. The molecule has 2 unspecified atom stereocenters. The SMILES string of the molecule is CC.O=[N+]([O-])c1cnc2ccc(Cl)cc2c1NC1CCC(F)C1. The van der Waals surface area contributed by atoms with Crippen molar-refractivity contribution in [3.05, 3.63) is 39.5 Å². The standard InChI is InChI=1S/C14H13ClFN3O2.C2H6/c15-8-1-4-12-11(5-8)14(13(7-17-12)19(20)21)18-10-3-2-9(16)6-10;1-2/h1,4-5,7,9-10H,2-3,6H2,(H,17,18);1-2H3. The number of benzene rings is 1. The van der Waals surface area contributed by atoms with Gasteiger partial charge in [0.2, 0.25) is 0 Å². The van der Waals surface area contributed by atoms with E-state index in [1.165, 1.54) is 6.20 Å². The van der Waals surface area contributed by atoms with Crippen LogP contribution < -0.4 is 5.32 Å². The second kappa shape index (κ2) is 7.55. The smallest absolute Gasteiger partial charge is 0.311 e. The predicted octanol–water partition coefficient (Wildman–Crippen LogP) is 5.13. The third-order valence-electron chi connectivity index (χ3n) is 3.72. The van der Waals surface area contributed by atoms with Gasteiger partial charge in [-0.2, -0.15) is 0 Å². The van der Waals surface area contributed by atoms with Crippen LogP contribution in [0.4, 0.5) is 15.8 Å². The molecule has 0 amide bonds. The zero-order valence-electron chi connectivity index (χ0n) is 13.1. The number of hydrogen-bond donors (Lipinski definition) is 1. The maximum atomic E-state index is 13.3. The molecule has 7 heteroatoms. The highest BCUT2D eigenvalue weighted by Crippen LogP contribution is 2.35. The first-order chi connectivity index (χ1) is 11.0. The summed E-state index contributed by atoms with van der Waals surface area (Å²) >= 11 is 5.98. The Morgan fingerprint density at radius 3 is 2.74 bits per heavy atom. The lowest BCUT2D eigenvalue weighted by Gasteiger charge is -2.15. The number of nitro groups is 1. The Hall–Kier alpha value is -1.95. The van der Waals surface area contributed by atoms with Gasteiger partial charge in [-0.3, -0.25) is 10.1 Å². The minimum absolute atomic E-state index is 0.108. The number of nitrogens with zero attached hydrogens (tertiary/aromatic N) is 2. The molecule has 124 valence electrons. The van der Waals surface area contributed by atoms with Crippen LogP contribution in [0.3, 0.4) is 0 Å². The molecule has 1 N–H and O–H groups in total. The number of anilines is 1. The number of nitrogens with one attached hydrogen (secondary N) is 1. The average Bonchev–Trinajstić information content (AvgIpc) is 2.94. The second-order valence-electron chi connectivity index (χ2n) is 5.19. The molecule has 1 aliphatic rings. The summed E-state index contributed by atoms with van der Waals surface area (Å²) in [5.41, 5.74) is 0.862. The van der Waals surface area contributed by atoms with Crippen molar-refractivity contribution in [3.8, 4) is 0 Å². The van der Waals surface area contributed by atoms with E-state index >= 15 is 0 Å². The largest absolute Gasteiger partial charge is 0.376 e. The van der Waals surface area contributed by atoms with E-state index in [1.54, 1.807) is 18.2 Å². The second-order valence-corrected chi connectivity index (χ2v) is 5.63. The van der Waals surface area contributed by atoms with Crippen molar-refractivity contribution in [1.29, 1.82) is 0 Å². The van der Waals surface area contributed by atoms with Crippen molar-refractivity contribution < 1.29 is 9.31 Å². The monoisotopic (exact) mass is 339 g/mol. The van der Waals surface area contributed by atoms with Gasteiger partial charge in [-0.05, 0) is 37.5 Å². The molecule has 23 heavy (non-hydrogen) atoms. The summed E-state index contributed by atoms with van der Waals surface area (Å²) in [7, 11) is 0. The van der Waals surface area contributed by atoms with Crippen LogP contribution in [-0.2, 0) is 0 Å². The molecule has 2 aromatic rings. The highest BCUT2D eigenvalue weighted by atomic mass is 35.5. The Morgan fingerprint density at radius 2 is 2.13 bits per heavy atom. The summed E-state index contributed by atoms with van der Waals surface area (Å²) in [6.07, 6.45) is 1.87. The van der Waals surface area contributed by atoms with E-state index in [1.807, 2.05) is 13.8 Å². The van der Waals surface area contributed by atoms with Crippen molar-refractivity contribution in [2.75, 3.05) is 5.32 Å². The van der Waals surface area contributed by atoms with Crippen LogP contribution in [0.25, 0.3) is 10.9 Å². The van der Waals surface area contributed by atoms with Gasteiger partial charge in [0, 0.05) is 16.5 Å². The molecule has 3 rings (SSSR count). The van der Waals surface area contributed by atoms with Gasteiger partial charge in [0.05, 0.1) is 10.4 Å². The molecule has 0 spiro atoms. The number of hydrogen-bond acceptors (Lipinski definition) is 4. The predicted molar refractivity (Wildman–Crippen MR) is 90.9 cm³/mol. The fourth-order valence-corrected chi connectivity index (χ4v) is 2.88. The summed E-state index contributed by atoms with van der Waals surface area (Å²) < 4.78 is 13.3. The molecule has 1 aromatic heterocycles. The van der Waals surface area contributed by atoms with Crippen molar-refractivity contribution in [1.82, 2.24) is 4.98 Å². The third kappa shape index (κ3) is 3.88. The molecule has 1 aliphatic carbocycles. The Balaban J connectivity index is 0.000000924. The van der Waals surface area contributed by atoms with Crippen LogP contribution in [-0.4, -0.2) is 22.1 Å². The number of rotatable bonds is 3. The van der Waals surface area contributed by atoms with E-state index in [2.05, 4.69) is 10.3 Å². The summed E-state index contributed by atoms with van der Waals surface area (Å²) in [5.74, 6) is 0. The first kappa shape index (κ1) is 17.4. The number of alkyl halides is 1. The average molecular weight is 340 g/mol. The molecule has 1 heterocycles. The lowest BCUT2D eigenvalue weighted by Crippen LogP contribution is -2.17.